The average molecular weight is 398 g/mol. The van der Waals surface area contributed by atoms with Crippen LogP contribution in [-0.2, 0) is 16.1 Å². The van der Waals surface area contributed by atoms with Gasteiger partial charge in [-0.25, -0.2) is 4.79 Å². The molecule has 0 aliphatic carbocycles. The van der Waals surface area contributed by atoms with Crippen molar-refractivity contribution < 1.29 is 19.4 Å². The Kier molecular flexibility index (Phi) is 5.69. The molecule has 0 spiro atoms. The van der Waals surface area contributed by atoms with Crippen molar-refractivity contribution in [1.29, 1.82) is 0 Å². The lowest BCUT2D eigenvalue weighted by atomic mass is 9.78. The second-order valence-corrected chi connectivity index (χ2v) is 7.77. The number of esters is 1. The minimum absolute atomic E-state index is 0.0359. The Hall–Kier alpha value is -2.64. The summed E-state index contributed by atoms with van der Waals surface area (Å²) < 4.78 is 12.1. The molecule has 0 saturated carbocycles. The van der Waals surface area contributed by atoms with E-state index in [0.717, 1.165) is 30.8 Å². The molecule has 1 aromatic carbocycles. The topological polar surface area (TPSA) is 81.0 Å². The molecule has 1 saturated heterocycles. The molecule has 29 heavy (non-hydrogen) atoms. The number of aliphatic hydroxyl groups is 1. The Balaban J connectivity index is 1.55. The van der Waals surface area contributed by atoms with Gasteiger partial charge in [-0.3, -0.25) is 9.69 Å². The molecule has 1 aromatic heterocycles. The average Bonchev–Trinajstić information content (AvgIpc) is 2.74. The van der Waals surface area contributed by atoms with Crippen LogP contribution in [-0.4, -0.2) is 54.0 Å². The molecule has 2 aromatic rings. The Labute approximate surface area is 169 Å². The van der Waals surface area contributed by atoms with Crippen molar-refractivity contribution in [3.8, 4) is 5.75 Å². The van der Waals surface area contributed by atoms with Crippen molar-refractivity contribution in [2.24, 2.45) is 5.92 Å². The maximum absolute atomic E-state index is 12.4. The molecule has 1 N–H and O–H groups in total. The van der Waals surface area contributed by atoms with Gasteiger partial charge in [-0.2, -0.15) is 0 Å². The zero-order chi connectivity index (χ0) is 20.4. The minimum atomic E-state index is -0.417. The molecule has 4 rings (SSSR count). The van der Waals surface area contributed by atoms with Crippen LogP contribution in [0.25, 0.3) is 0 Å². The number of carbonyl (C=O) groups excluding carboxylic acids is 1. The van der Waals surface area contributed by atoms with Crippen LogP contribution in [0.4, 0.5) is 0 Å². The van der Waals surface area contributed by atoms with Crippen molar-refractivity contribution in [3.05, 3.63) is 64.1 Å². The summed E-state index contributed by atoms with van der Waals surface area (Å²) in [6, 6.07) is 12.9. The number of piperidine rings is 1. The Morgan fingerprint density at radius 1 is 1.17 bits per heavy atom. The first-order valence-corrected chi connectivity index (χ1v) is 9.93. The number of aliphatic hydroxyl groups excluding tert-OH is 1. The van der Waals surface area contributed by atoms with Crippen molar-refractivity contribution in [3.63, 3.8) is 0 Å². The van der Waals surface area contributed by atoms with E-state index < -0.39 is 5.97 Å². The Bertz CT molecular complexity index is 941. The number of aromatic nitrogens is 1. The zero-order valence-electron chi connectivity index (χ0n) is 16.5. The first-order valence-electron chi connectivity index (χ1n) is 9.93. The molecule has 3 atom stereocenters. The van der Waals surface area contributed by atoms with Crippen LogP contribution in [0.5, 0.6) is 5.75 Å². The number of rotatable bonds is 6. The van der Waals surface area contributed by atoms with Crippen LogP contribution in [0.3, 0.4) is 0 Å². The highest BCUT2D eigenvalue weighted by molar-refractivity contribution is 5.70. The third-order valence-electron chi connectivity index (χ3n) is 6.00. The van der Waals surface area contributed by atoms with Gasteiger partial charge in [0.2, 0.25) is 0 Å². The number of carbonyl (C=O) groups is 1. The van der Waals surface area contributed by atoms with Gasteiger partial charge in [0.1, 0.15) is 5.75 Å². The van der Waals surface area contributed by atoms with E-state index in [1.54, 1.807) is 16.7 Å². The molecule has 0 unspecified atom stereocenters. The van der Waals surface area contributed by atoms with Crippen molar-refractivity contribution in [1.82, 2.24) is 9.47 Å². The van der Waals surface area contributed by atoms with E-state index in [9.17, 15) is 14.7 Å². The van der Waals surface area contributed by atoms with E-state index in [1.807, 2.05) is 30.3 Å². The number of benzene rings is 1. The quantitative estimate of drug-likeness (QED) is 0.744. The van der Waals surface area contributed by atoms with Crippen molar-refractivity contribution in [2.45, 2.75) is 24.9 Å². The normalized spacial score (nSPS) is 23.3. The highest BCUT2D eigenvalue weighted by atomic mass is 16.6. The molecular weight excluding hydrogens is 372 g/mol. The lowest BCUT2D eigenvalue weighted by molar-refractivity contribution is -0.142. The fraction of sp³-hybridized carbons (Fsp3) is 0.455. The second kappa shape index (κ2) is 8.39. The van der Waals surface area contributed by atoms with Gasteiger partial charge >= 0.3 is 5.97 Å². The molecule has 2 aliphatic heterocycles. The number of hydrogen-bond acceptors (Lipinski definition) is 6. The van der Waals surface area contributed by atoms with Crippen molar-refractivity contribution >= 4 is 5.97 Å². The summed E-state index contributed by atoms with van der Waals surface area (Å²) >= 11 is 0. The third kappa shape index (κ3) is 3.93. The zero-order valence-corrected chi connectivity index (χ0v) is 16.5. The largest absolute Gasteiger partial charge is 0.482 e. The van der Waals surface area contributed by atoms with Gasteiger partial charge in [-0.05, 0) is 24.5 Å². The highest BCUT2D eigenvalue weighted by Gasteiger charge is 2.40. The number of hydrogen-bond donors (Lipinski definition) is 1. The second-order valence-electron chi connectivity index (χ2n) is 7.77. The SMILES string of the molecule is COC(=O)COc1ccccc1CN1C[C@H]2C[C@@H](C1)[C@H](CO)n1c2cccc1=O. The van der Waals surface area contributed by atoms with Crippen molar-refractivity contribution in [2.75, 3.05) is 33.4 Å². The Morgan fingerprint density at radius 3 is 2.79 bits per heavy atom. The fourth-order valence-corrected chi connectivity index (χ4v) is 4.71. The van der Waals surface area contributed by atoms with Crippen LogP contribution >= 0.6 is 0 Å². The molecule has 2 aliphatic rings. The number of para-hydroxylation sites is 1. The third-order valence-corrected chi connectivity index (χ3v) is 6.00. The summed E-state index contributed by atoms with van der Waals surface area (Å²) in [6.45, 7) is 2.15. The van der Waals surface area contributed by atoms with Gasteiger partial charge in [0.15, 0.2) is 6.61 Å². The predicted molar refractivity (Wildman–Crippen MR) is 107 cm³/mol. The van der Waals surface area contributed by atoms with Crippen LogP contribution in [0.1, 0.15) is 29.6 Å². The number of likely N-dealkylation sites (tertiary alicyclic amines) is 1. The van der Waals surface area contributed by atoms with Crippen LogP contribution in [0, 0.1) is 5.92 Å². The summed E-state index contributed by atoms with van der Waals surface area (Å²) in [6.07, 6.45) is 0.978. The van der Waals surface area contributed by atoms with Gasteiger partial charge in [0, 0.05) is 42.9 Å². The molecular formula is C22H26N2O5. The molecule has 2 bridgehead atoms. The van der Waals surface area contributed by atoms with E-state index >= 15 is 0 Å². The maximum Gasteiger partial charge on any atom is 0.343 e. The minimum Gasteiger partial charge on any atom is -0.482 e. The maximum atomic E-state index is 12.4. The van der Waals surface area contributed by atoms with Crippen LogP contribution in [0.2, 0.25) is 0 Å². The molecule has 7 nitrogen and oxygen atoms in total. The number of methoxy groups -OCH3 is 1. The fourth-order valence-electron chi connectivity index (χ4n) is 4.71. The molecule has 3 heterocycles. The summed E-state index contributed by atoms with van der Waals surface area (Å²) in [7, 11) is 1.34. The van der Waals surface area contributed by atoms with E-state index in [4.69, 9.17) is 4.74 Å². The summed E-state index contributed by atoms with van der Waals surface area (Å²) in [4.78, 5) is 26.2. The molecule has 7 heteroatoms. The monoisotopic (exact) mass is 398 g/mol. The predicted octanol–water partition coefficient (Wildman–Crippen LogP) is 1.55. The Morgan fingerprint density at radius 2 is 2.00 bits per heavy atom. The first-order chi connectivity index (χ1) is 14.1. The van der Waals surface area contributed by atoms with Gasteiger partial charge < -0.3 is 19.1 Å². The molecule has 0 radical (unpaired) electrons. The summed E-state index contributed by atoms with van der Waals surface area (Å²) in [5, 5.41) is 10.00. The number of fused-ring (bicyclic) bond motifs is 4. The van der Waals surface area contributed by atoms with Gasteiger partial charge in [-0.15, -0.1) is 0 Å². The lowest BCUT2D eigenvalue weighted by Crippen LogP contribution is -2.50. The standard InChI is InChI=1S/C22H26N2O5/c1-28-22(27)14-29-20-7-3-2-5-15(20)10-23-11-16-9-17(12-23)19(13-25)24-18(16)6-4-8-21(24)26/h2-8,16-17,19,25H,9-14H2,1H3/t16-,17+,19+/m1/s1. The number of ether oxygens (including phenoxy) is 2. The number of nitrogens with zero attached hydrogens (tertiary/aromatic N) is 2. The highest BCUT2D eigenvalue weighted by Crippen LogP contribution is 2.41. The molecule has 1 fully saturated rings. The van der Waals surface area contributed by atoms with Crippen LogP contribution in [0.15, 0.2) is 47.3 Å². The van der Waals surface area contributed by atoms with Gasteiger partial charge in [-0.1, -0.05) is 24.3 Å². The first kappa shape index (κ1) is 19.7. The van der Waals surface area contributed by atoms with Gasteiger partial charge in [0.05, 0.1) is 19.8 Å². The van der Waals surface area contributed by atoms with Gasteiger partial charge in [0.25, 0.3) is 5.56 Å². The number of pyridine rings is 1. The van der Waals surface area contributed by atoms with Crippen LogP contribution < -0.4 is 10.3 Å². The van der Waals surface area contributed by atoms with E-state index in [-0.39, 0.29) is 36.7 Å². The summed E-state index contributed by atoms with van der Waals surface area (Å²) in [5.74, 6) is 0.729. The van der Waals surface area contributed by atoms with E-state index in [1.165, 1.54) is 7.11 Å². The van der Waals surface area contributed by atoms with E-state index in [0.29, 0.717) is 12.3 Å². The van der Waals surface area contributed by atoms with E-state index in [2.05, 4.69) is 9.64 Å². The molecule has 154 valence electrons. The summed E-state index contributed by atoms with van der Waals surface area (Å²) in [5.41, 5.74) is 1.97. The smallest absolute Gasteiger partial charge is 0.343 e. The molecule has 0 amide bonds. The lowest BCUT2D eigenvalue weighted by Gasteiger charge is -2.46.